The van der Waals surface area contributed by atoms with Crippen LogP contribution in [0.2, 0.25) is 0 Å². The molecule has 6 nitrogen and oxygen atoms in total. The maximum atomic E-state index is 9.10. The van der Waals surface area contributed by atoms with E-state index in [0.29, 0.717) is 6.04 Å². The summed E-state index contributed by atoms with van der Waals surface area (Å²) < 4.78 is 0. The van der Waals surface area contributed by atoms with Gasteiger partial charge in [0.1, 0.15) is 0 Å². The van der Waals surface area contributed by atoms with Crippen molar-refractivity contribution in [3.8, 4) is 0 Å². The van der Waals surface area contributed by atoms with Gasteiger partial charge in [-0.25, -0.2) is 9.59 Å². The Hall–Kier alpha value is -2.70. The Bertz CT molecular complexity index is 738. The Morgan fingerprint density at radius 3 is 1.66 bits per heavy atom. The van der Waals surface area contributed by atoms with E-state index in [4.69, 9.17) is 19.8 Å². The number of carboxylic acid groups (broad SMARTS) is 2. The highest BCUT2D eigenvalue weighted by Crippen LogP contribution is 2.29. The van der Waals surface area contributed by atoms with E-state index < -0.39 is 11.9 Å². The molecular formula is C26H36N2O4. The maximum absolute atomic E-state index is 9.10. The SMILES string of the molecule is CCCCCCCN1CCN(C(c2ccccc2)c2ccccc2)CC1.O=C(O)C(=O)O. The van der Waals surface area contributed by atoms with Gasteiger partial charge in [0.05, 0.1) is 6.04 Å². The first-order valence-corrected chi connectivity index (χ1v) is 11.6. The molecule has 3 rings (SSSR count). The zero-order valence-corrected chi connectivity index (χ0v) is 19.0. The molecule has 0 unspecified atom stereocenters. The monoisotopic (exact) mass is 440 g/mol. The van der Waals surface area contributed by atoms with Gasteiger partial charge in [0.15, 0.2) is 0 Å². The highest BCUT2D eigenvalue weighted by Gasteiger charge is 2.25. The van der Waals surface area contributed by atoms with Gasteiger partial charge in [0, 0.05) is 26.2 Å². The average molecular weight is 441 g/mol. The van der Waals surface area contributed by atoms with Gasteiger partial charge in [0.25, 0.3) is 0 Å². The van der Waals surface area contributed by atoms with Gasteiger partial charge in [-0.2, -0.15) is 0 Å². The van der Waals surface area contributed by atoms with Crippen LogP contribution >= 0.6 is 0 Å². The lowest BCUT2D eigenvalue weighted by Crippen LogP contribution is -2.48. The highest BCUT2D eigenvalue weighted by atomic mass is 16.4. The summed E-state index contributed by atoms with van der Waals surface area (Å²) in [5.41, 5.74) is 2.82. The molecule has 2 aromatic carbocycles. The molecular weight excluding hydrogens is 404 g/mol. The lowest BCUT2D eigenvalue weighted by Gasteiger charge is -2.39. The summed E-state index contributed by atoms with van der Waals surface area (Å²) in [5, 5.41) is 14.8. The fourth-order valence-corrected chi connectivity index (χ4v) is 4.07. The highest BCUT2D eigenvalue weighted by molar-refractivity contribution is 6.27. The molecule has 0 bridgehead atoms. The number of benzene rings is 2. The van der Waals surface area contributed by atoms with E-state index in [-0.39, 0.29) is 0 Å². The Kier molecular flexibility index (Phi) is 11.5. The van der Waals surface area contributed by atoms with Gasteiger partial charge in [-0.1, -0.05) is 93.3 Å². The van der Waals surface area contributed by atoms with Gasteiger partial charge >= 0.3 is 11.9 Å². The molecule has 0 radical (unpaired) electrons. The summed E-state index contributed by atoms with van der Waals surface area (Å²) in [6.45, 7) is 8.27. The number of hydrogen-bond acceptors (Lipinski definition) is 4. The fourth-order valence-electron chi connectivity index (χ4n) is 4.07. The third-order valence-corrected chi connectivity index (χ3v) is 5.76. The topological polar surface area (TPSA) is 81.1 Å². The van der Waals surface area contributed by atoms with E-state index in [1.807, 2.05) is 0 Å². The van der Waals surface area contributed by atoms with Crippen LogP contribution in [-0.2, 0) is 9.59 Å². The van der Waals surface area contributed by atoms with Gasteiger partial charge in [-0.3, -0.25) is 4.90 Å². The number of carboxylic acids is 2. The molecule has 6 heteroatoms. The molecule has 1 saturated heterocycles. The van der Waals surface area contributed by atoms with Crippen molar-refractivity contribution in [1.82, 2.24) is 9.80 Å². The van der Waals surface area contributed by atoms with Crippen molar-refractivity contribution in [2.24, 2.45) is 0 Å². The summed E-state index contributed by atoms with van der Waals surface area (Å²) in [7, 11) is 0. The zero-order valence-electron chi connectivity index (χ0n) is 19.0. The molecule has 2 aromatic rings. The quantitative estimate of drug-likeness (QED) is 0.441. The fraction of sp³-hybridized carbons (Fsp3) is 0.462. The number of nitrogens with zero attached hydrogens (tertiary/aromatic N) is 2. The molecule has 2 N–H and O–H groups in total. The van der Waals surface area contributed by atoms with Gasteiger partial charge in [-0.05, 0) is 24.1 Å². The second-order valence-electron chi connectivity index (χ2n) is 8.13. The van der Waals surface area contributed by atoms with Gasteiger partial charge in [0.2, 0.25) is 0 Å². The first kappa shape index (κ1) is 25.6. The number of hydrogen-bond donors (Lipinski definition) is 2. The van der Waals surface area contributed by atoms with Crippen molar-refractivity contribution in [3.05, 3.63) is 71.8 Å². The van der Waals surface area contributed by atoms with E-state index in [0.717, 1.165) is 13.1 Å². The number of piperazine rings is 1. The third-order valence-electron chi connectivity index (χ3n) is 5.76. The lowest BCUT2D eigenvalue weighted by atomic mass is 9.96. The minimum absolute atomic E-state index is 0.379. The number of unbranched alkanes of at least 4 members (excludes halogenated alkanes) is 4. The van der Waals surface area contributed by atoms with E-state index in [1.54, 1.807) is 0 Å². The van der Waals surface area contributed by atoms with E-state index in [9.17, 15) is 0 Å². The van der Waals surface area contributed by atoms with E-state index in [2.05, 4.69) is 77.4 Å². The molecule has 0 aliphatic carbocycles. The Morgan fingerprint density at radius 2 is 1.22 bits per heavy atom. The van der Waals surface area contributed by atoms with Crippen molar-refractivity contribution in [2.45, 2.75) is 45.1 Å². The molecule has 0 aromatic heterocycles. The van der Waals surface area contributed by atoms with Crippen LogP contribution in [0.3, 0.4) is 0 Å². The summed E-state index contributed by atoms with van der Waals surface area (Å²) in [6, 6.07) is 22.4. The first-order valence-electron chi connectivity index (χ1n) is 11.6. The molecule has 1 heterocycles. The minimum Gasteiger partial charge on any atom is -0.473 e. The van der Waals surface area contributed by atoms with Gasteiger partial charge in [-0.15, -0.1) is 0 Å². The van der Waals surface area contributed by atoms with E-state index >= 15 is 0 Å². The van der Waals surface area contributed by atoms with Crippen LogP contribution in [0.1, 0.15) is 56.2 Å². The van der Waals surface area contributed by atoms with Crippen molar-refractivity contribution >= 4 is 11.9 Å². The van der Waals surface area contributed by atoms with Crippen LogP contribution in [0, 0.1) is 0 Å². The predicted octanol–water partition coefficient (Wildman–Crippen LogP) is 4.52. The summed E-state index contributed by atoms with van der Waals surface area (Å²) in [6.07, 6.45) is 6.88. The van der Waals surface area contributed by atoms with Crippen LogP contribution < -0.4 is 0 Å². The second-order valence-corrected chi connectivity index (χ2v) is 8.13. The molecule has 0 amide bonds. The standard InChI is InChI=1S/C24H34N2.C2H2O4/c1-2-3-4-5-12-17-25-18-20-26(21-19-25)24(22-13-8-6-9-14-22)23-15-10-7-11-16-23;3-1(4)2(5)6/h6-11,13-16,24H,2-5,12,17-21H2,1H3;(H,3,4)(H,5,6). The van der Waals surface area contributed by atoms with Crippen LogP contribution in [0.15, 0.2) is 60.7 Å². The molecule has 0 atom stereocenters. The molecule has 1 aliphatic rings. The smallest absolute Gasteiger partial charge is 0.414 e. The van der Waals surface area contributed by atoms with Crippen molar-refractivity contribution < 1.29 is 19.8 Å². The Labute approximate surface area is 191 Å². The summed E-state index contributed by atoms with van der Waals surface area (Å²) in [5.74, 6) is -3.65. The van der Waals surface area contributed by atoms with Crippen LogP contribution in [-0.4, -0.2) is 64.7 Å². The molecule has 174 valence electrons. The second kappa shape index (κ2) is 14.4. The predicted molar refractivity (Wildman–Crippen MR) is 127 cm³/mol. The number of carbonyl (C=O) groups is 2. The van der Waals surface area contributed by atoms with Crippen LogP contribution in [0.5, 0.6) is 0 Å². The first-order chi connectivity index (χ1) is 15.5. The van der Waals surface area contributed by atoms with Crippen LogP contribution in [0.4, 0.5) is 0 Å². The maximum Gasteiger partial charge on any atom is 0.414 e. The van der Waals surface area contributed by atoms with Crippen molar-refractivity contribution in [2.75, 3.05) is 32.7 Å². The molecule has 1 fully saturated rings. The molecule has 0 spiro atoms. The number of aliphatic carboxylic acids is 2. The molecule has 32 heavy (non-hydrogen) atoms. The molecule has 0 saturated carbocycles. The van der Waals surface area contributed by atoms with Gasteiger partial charge < -0.3 is 15.1 Å². The van der Waals surface area contributed by atoms with Crippen molar-refractivity contribution in [1.29, 1.82) is 0 Å². The normalized spacial score (nSPS) is 14.6. The zero-order chi connectivity index (χ0) is 23.2. The lowest BCUT2D eigenvalue weighted by molar-refractivity contribution is -0.159. The minimum atomic E-state index is -1.82. The summed E-state index contributed by atoms with van der Waals surface area (Å²) >= 11 is 0. The van der Waals surface area contributed by atoms with E-state index in [1.165, 1.54) is 62.9 Å². The molecule has 1 aliphatic heterocycles. The number of rotatable bonds is 9. The van der Waals surface area contributed by atoms with Crippen molar-refractivity contribution in [3.63, 3.8) is 0 Å². The van der Waals surface area contributed by atoms with Crippen LogP contribution in [0.25, 0.3) is 0 Å². The summed E-state index contributed by atoms with van der Waals surface area (Å²) in [4.78, 5) is 23.5. The largest absolute Gasteiger partial charge is 0.473 e. The Balaban J connectivity index is 0.000000534. The third kappa shape index (κ3) is 8.81. The Morgan fingerprint density at radius 1 is 0.750 bits per heavy atom. The average Bonchev–Trinajstić information content (AvgIpc) is 2.82.